The lowest BCUT2D eigenvalue weighted by molar-refractivity contribution is -0.310. The first-order valence-electron chi connectivity index (χ1n) is 5.73. The normalized spacial score (nSPS) is 13.9. The topological polar surface area (TPSA) is 38.7 Å². The van der Waals surface area contributed by atoms with Gasteiger partial charge in [-0.1, -0.05) is 42.5 Å². The van der Waals surface area contributed by atoms with Gasteiger partial charge in [-0.15, -0.1) is 0 Å². The minimum atomic E-state index is -0.881. The van der Waals surface area contributed by atoms with Gasteiger partial charge >= 0.3 is 0 Å². The molecule has 0 aliphatic heterocycles. The van der Waals surface area contributed by atoms with Gasteiger partial charge in [-0.2, -0.15) is 0 Å². The molecule has 2 rings (SSSR count). The Bertz CT molecular complexity index is 493. The Kier molecular flexibility index (Phi) is 3.65. The van der Waals surface area contributed by atoms with E-state index in [9.17, 15) is 5.26 Å². The molecule has 0 saturated heterocycles. The molecule has 0 saturated carbocycles. The predicted molar refractivity (Wildman–Crippen MR) is 69.6 cm³/mol. The second kappa shape index (κ2) is 5.21. The number of hydrogen-bond acceptors (Lipinski definition) is 3. The van der Waals surface area contributed by atoms with Gasteiger partial charge in [0.05, 0.1) is 7.11 Å². The summed E-state index contributed by atoms with van der Waals surface area (Å²) in [6.45, 7) is 1.82. The summed E-state index contributed by atoms with van der Waals surface area (Å²) >= 11 is 0. The molecular formula is C15H16O3. The Morgan fingerprint density at radius 2 is 1.44 bits per heavy atom. The van der Waals surface area contributed by atoms with Crippen LogP contribution in [-0.2, 0) is 10.5 Å². The number of rotatable bonds is 4. The quantitative estimate of drug-likeness (QED) is 0.661. The molecule has 94 valence electrons. The fourth-order valence-corrected chi connectivity index (χ4v) is 1.94. The summed E-state index contributed by atoms with van der Waals surface area (Å²) in [6.07, 6.45) is 0. The lowest BCUT2D eigenvalue weighted by Gasteiger charge is -2.27. The van der Waals surface area contributed by atoms with E-state index in [1.165, 1.54) is 0 Å². The smallest absolute Gasteiger partial charge is 0.150 e. The summed E-state index contributed by atoms with van der Waals surface area (Å²) < 4.78 is 5.12. The zero-order valence-corrected chi connectivity index (χ0v) is 10.5. The number of benzene rings is 2. The van der Waals surface area contributed by atoms with Crippen molar-refractivity contribution in [2.45, 2.75) is 12.5 Å². The highest BCUT2D eigenvalue weighted by Gasteiger charge is 2.30. The Balaban J connectivity index is 2.43. The molecule has 2 aromatic carbocycles. The molecule has 0 radical (unpaired) electrons. The van der Waals surface area contributed by atoms with Gasteiger partial charge in [0, 0.05) is 0 Å². The van der Waals surface area contributed by atoms with E-state index in [2.05, 4.69) is 0 Å². The van der Waals surface area contributed by atoms with Crippen LogP contribution in [0, 0.1) is 0 Å². The second-order valence-electron chi connectivity index (χ2n) is 4.22. The molecule has 0 fully saturated rings. The molecule has 0 heterocycles. The van der Waals surface area contributed by atoms with Crippen LogP contribution in [0.25, 0.3) is 0 Å². The van der Waals surface area contributed by atoms with Crippen molar-refractivity contribution < 1.29 is 14.9 Å². The van der Waals surface area contributed by atoms with Crippen molar-refractivity contribution in [3.63, 3.8) is 0 Å². The summed E-state index contributed by atoms with van der Waals surface area (Å²) in [4.78, 5) is 4.74. The second-order valence-corrected chi connectivity index (χ2v) is 4.22. The van der Waals surface area contributed by atoms with E-state index in [4.69, 9.17) is 9.62 Å². The largest absolute Gasteiger partial charge is 0.497 e. The first kappa shape index (κ1) is 12.6. The maximum atomic E-state index is 9.29. The molecule has 0 bridgehead atoms. The molecule has 1 unspecified atom stereocenters. The van der Waals surface area contributed by atoms with Crippen molar-refractivity contribution in [3.05, 3.63) is 65.7 Å². The molecule has 0 aliphatic rings. The maximum Gasteiger partial charge on any atom is 0.150 e. The van der Waals surface area contributed by atoms with Crippen LogP contribution < -0.4 is 4.74 Å². The molecule has 0 aromatic heterocycles. The summed E-state index contributed by atoms with van der Waals surface area (Å²) in [5, 5.41) is 9.29. The summed E-state index contributed by atoms with van der Waals surface area (Å²) in [6, 6.07) is 17.0. The molecular weight excluding hydrogens is 228 g/mol. The van der Waals surface area contributed by atoms with Gasteiger partial charge in [-0.3, -0.25) is 5.26 Å². The molecule has 1 atom stereocenters. The third-order valence-electron chi connectivity index (χ3n) is 3.15. The van der Waals surface area contributed by atoms with Crippen molar-refractivity contribution >= 4 is 0 Å². The Morgan fingerprint density at radius 3 is 1.94 bits per heavy atom. The SMILES string of the molecule is COc1ccc(C(C)(OO)c2ccccc2)cc1. The maximum absolute atomic E-state index is 9.29. The lowest BCUT2D eigenvalue weighted by atomic mass is 9.88. The van der Waals surface area contributed by atoms with Crippen LogP contribution in [0.1, 0.15) is 18.1 Å². The van der Waals surface area contributed by atoms with Crippen LogP contribution in [-0.4, -0.2) is 12.4 Å². The van der Waals surface area contributed by atoms with E-state index in [0.717, 1.165) is 16.9 Å². The average Bonchev–Trinajstić information content (AvgIpc) is 2.47. The van der Waals surface area contributed by atoms with Crippen molar-refractivity contribution in [2.24, 2.45) is 0 Å². The van der Waals surface area contributed by atoms with Gasteiger partial charge in [0.1, 0.15) is 5.75 Å². The number of ether oxygens (including phenoxy) is 1. The van der Waals surface area contributed by atoms with E-state index in [0.29, 0.717) is 0 Å². The minimum Gasteiger partial charge on any atom is -0.497 e. The van der Waals surface area contributed by atoms with Crippen LogP contribution in [0.15, 0.2) is 54.6 Å². The Hall–Kier alpha value is -1.84. The summed E-state index contributed by atoms with van der Waals surface area (Å²) in [5.74, 6) is 0.770. The van der Waals surface area contributed by atoms with Crippen LogP contribution in [0.2, 0.25) is 0 Å². The molecule has 3 heteroatoms. The van der Waals surface area contributed by atoms with Crippen molar-refractivity contribution in [3.8, 4) is 5.75 Å². The predicted octanol–water partition coefficient (Wildman–Crippen LogP) is 3.45. The number of methoxy groups -OCH3 is 1. The van der Waals surface area contributed by atoms with Crippen LogP contribution >= 0.6 is 0 Å². The first-order valence-corrected chi connectivity index (χ1v) is 5.73. The molecule has 2 aromatic rings. The van der Waals surface area contributed by atoms with Crippen molar-refractivity contribution in [1.29, 1.82) is 0 Å². The Labute approximate surface area is 107 Å². The molecule has 0 aliphatic carbocycles. The highest BCUT2D eigenvalue weighted by atomic mass is 17.1. The van der Waals surface area contributed by atoms with E-state index in [1.807, 2.05) is 61.5 Å². The lowest BCUT2D eigenvalue weighted by Crippen LogP contribution is -2.26. The highest BCUT2D eigenvalue weighted by molar-refractivity contribution is 5.38. The van der Waals surface area contributed by atoms with Crippen LogP contribution in [0.4, 0.5) is 0 Å². The van der Waals surface area contributed by atoms with Gasteiger partial charge in [-0.05, 0) is 30.2 Å². The van der Waals surface area contributed by atoms with Crippen molar-refractivity contribution in [2.75, 3.05) is 7.11 Å². The van der Waals surface area contributed by atoms with Crippen molar-refractivity contribution in [1.82, 2.24) is 0 Å². The zero-order chi connectivity index (χ0) is 13.0. The third kappa shape index (κ3) is 2.23. The first-order chi connectivity index (χ1) is 8.70. The number of hydrogen-bond donors (Lipinski definition) is 1. The monoisotopic (exact) mass is 244 g/mol. The van der Waals surface area contributed by atoms with E-state index < -0.39 is 5.60 Å². The van der Waals surface area contributed by atoms with Gasteiger partial charge in [-0.25, -0.2) is 4.89 Å². The van der Waals surface area contributed by atoms with E-state index in [-0.39, 0.29) is 0 Å². The fourth-order valence-electron chi connectivity index (χ4n) is 1.94. The Morgan fingerprint density at radius 1 is 0.889 bits per heavy atom. The van der Waals surface area contributed by atoms with Gasteiger partial charge in [0.2, 0.25) is 0 Å². The van der Waals surface area contributed by atoms with Gasteiger partial charge < -0.3 is 4.74 Å². The summed E-state index contributed by atoms with van der Waals surface area (Å²) in [5.41, 5.74) is 0.864. The standard InChI is InChI=1S/C15H16O3/c1-15(18-16,12-6-4-3-5-7-12)13-8-10-14(17-2)11-9-13/h3-11,16H,1-2H3. The van der Waals surface area contributed by atoms with Gasteiger partial charge in [0.15, 0.2) is 5.60 Å². The molecule has 18 heavy (non-hydrogen) atoms. The minimum absolute atomic E-state index is 0.770. The van der Waals surface area contributed by atoms with E-state index >= 15 is 0 Å². The van der Waals surface area contributed by atoms with E-state index in [1.54, 1.807) is 7.11 Å². The fraction of sp³-hybridized carbons (Fsp3) is 0.200. The van der Waals surface area contributed by atoms with Crippen LogP contribution in [0.5, 0.6) is 5.75 Å². The highest BCUT2D eigenvalue weighted by Crippen LogP contribution is 2.33. The third-order valence-corrected chi connectivity index (χ3v) is 3.15. The molecule has 0 amide bonds. The summed E-state index contributed by atoms with van der Waals surface area (Å²) in [7, 11) is 1.62. The zero-order valence-electron chi connectivity index (χ0n) is 10.5. The van der Waals surface area contributed by atoms with Crippen LogP contribution in [0.3, 0.4) is 0 Å². The van der Waals surface area contributed by atoms with Gasteiger partial charge in [0.25, 0.3) is 0 Å². The molecule has 0 spiro atoms. The molecule has 3 nitrogen and oxygen atoms in total. The average molecular weight is 244 g/mol. The molecule has 1 N–H and O–H groups in total.